The van der Waals surface area contributed by atoms with Crippen molar-refractivity contribution in [2.45, 2.75) is 13.0 Å². The summed E-state index contributed by atoms with van der Waals surface area (Å²) in [4.78, 5) is 15.2. The van der Waals surface area contributed by atoms with Gasteiger partial charge in [0.05, 0.1) is 0 Å². The molecule has 0 aromatic heterocycles. The average Bonchev–Trinajstić information content (AvgIpc) is 2.58. The van der Waals surface area contributed by atoms with Crippen LogP contribution in [0.2, 0.25) is 0 Å². The molecule has 0 radical (unpaired) electrons. The van der Waals surface area contributed by atoms with Gasteiger partial charge in [-0.3, -0.25) is 9.79 Å². The molecule has 0 aliphatic heterocycles. The van der Waals surface area contributed by atoms with Gasteiger partial charge in [-0.2, -0.15) is 0 Å². The molecule has 0 aliphatic carbocycles. The maximum atomic E-state index is 13.1. The molecule has 0 bridgehead atoms. The molecule has 126 valence electrons. The van der Waals surface area contributed by atoms with Crippen molar-refractivity contribution in [1.29, 1.82) is 0 Å². The third-order valence-corrected chi connectivity index (χ3v) is 3.52. The molecule has 0 heterocycles. The molecule has 2 rings (SSSR count). The van der Waals surface area contributed by atoms with Gasteiger partial charge in [-0.15, -0.1) is 0 Å². The van der Waals surface area contributed by atoms with E-state index in [1.54, 1.807) is 25.2 Å². The number of carbonyl (C=O) groups is 1. The normalized spacial score (nSPS) is 11.2. The minimum Gasteiger partial charge on any atom is -0.366 e. The number of halogens is 1. The molecule has 1 amide bonds. The largest absolute Gasteiger partial charge is 0.366 e. The number of rotatable bonds is 6. The monoisotopic (exact) mass is 328 g/mol. The van der Waals surface area contributed by atoms with Crippen molar-refractivity contribution in [3.63, 3.8) is 0 Å². The number of nitrogens with one attached hydrogen (secondary N) is 2. The summed E-state index contributed by atoms with van der Waals surface area (Å²) in [5.74, 6) is -0.0101. The quantitative estimate of drug-likeness (QED) is 0.559. The van der Waals surface area contributed by atoms with Crippen LogP contribution in [0.25, 0.3) is 0 Å². The topological polar surface area (TPSA) is 79.5 Å². The van der Waals surface area contributed by atoms with Gasteiger partial charge in [0.15, 0.2) is 5.96 Å². The van der Waals surface area contributed by atoms with Gasteiger partial charge in [-0.25, -0.2) is 4.39 Å². The summed E-state index contributed by atoms with van der Waals surface area (Å²) < 4.78 is 13.1. The van der Waals surface area contributed by atoms with Gasteiger partial charge >= 0.3 is 0 Å². The number of benzene rings is 2. The lowest BCUT2D eigenvalue weighted by Crippen LogP contribution is -2.37. The summed E-state index contributed by atoms with van der Waals surface area (Å²) in [7, 11) is 1.69. The van der Waals surface area contributed by atoms with Gasteiger partial charge in [0.25, 0.3) is 0 Å². The Hall–Kier alpha value is -2.89. The molecule has 0 atom stereocenters. The first kappa shape index (κ1) is 17.5. The van der Waals surface area contributed by atoms with Gasteiger partial charge in [-0.05, 0) is 41.8 Å². The van der Waals surface area contributed by atoms with E-state index in [0.29, 0.717) is 31.0 Å². The molecule has 2 aromatic rings. The van der Waals surface area contributed by atoms with E-state index in [1.165, 1.54) is 12.1 Å². The summed E-state index contributed by atoms with van der Waals surface area (Å²) in [6, 6.07) is 13.6. The van der Waals surface area contributed by atoms with E-state index in [-0.39, 0.29) is 5.82 Å². The summed E-state index contributed by atoms with van der Waals surface area (Å²) in [6.07, 6.45) is 0.700. The van der Waals surface area contributed by atoms with Crippen molar-refractivity contribution in [1.82, 2.24) is 10.6 Å². The summed E-state index contributed by atoms with van der Waals surface area (Å²) >= 11 is 0. The first-order chi connectivity index (χ1) is 11.6. The lowest BCUT2D eigenvalue weighted by atomic mass is 10.1. The van der Waals surface area contributed by atoms with E-state index >= 15 is 0 Å². The van der Waals surface area contributed by atoms with Crippen molar-refractivity contribution in [3.05, 3.63) is 71.0 Å². The number of carbonyl (C=O) groups excluding carboxylic acids is 1. The van der Waals surface area contributed by atoms with Crippen LogP contribution in [0, 0.1) is 5.82 Å². The zero-order valence-electron chi connectivity index (χ0n) is 13.6. The predicted molar refractivity (Wildman–Crippen MR) is 93.3 cm³/mol. The first-order valence-electron chi connectivity index (χ1n) is 7.66. The van der Waals surface area contributed by atoms with Crippen LogP contribution in [0.15, 0.2) is 53.5 Å². The molecule has 5 nitrogen and oxygen atoms in total. The highest BCUT2D eigenvalue weighted by molar-refractivity contribution is 5.92. The van der Waals surface area contributed by atoms with Crippen LogP contribution in [0.1, 0.15) is 21.5 Å². The number of nitrogens with two attached hydrogens (primary N) is 1. The maximum absolute atomic E-state index is 13.1. The number of guanidine groups is 1. The van der Waals surface area contributed by atoms with Crippen molar-refractivity contribution >= 4 is 11.9 Å². The van der Waals surface area contributed by atoms with Crippen LogP contribution in [-0.2, 0) is 13.0 Å². The van der Waals surface area contributed by atoms with Crippen molar-refractivity contribution in [3.8, 4) is 0 Å². The second kappa shape index (κ2) is 8.67. The molecule has 2 aromatic carbocycles. The molecule has 6 heteroatoms. The van der Waals surface area contributed by atoms with Crippen LogP contribution in [0.3, 0.4) is 0 Å². The number of amides is 1. The second-order valence-electron chi connectivity index (χ2n) is 5.29. The fraction of sp³-hybridized carbons (Fsp3) is 0.222. The molecular formula is C18H21FN4O. The second-order valence-corrected chi connectivity index (χ2v) is 5.29. The highest BCUT2D eigenvalue weighted by Crippen LogP contribution is 2.04. The van der Waals surface area contributed by atoms with Crippen LogP contribution in [0.4, 0.5) is 4.39 Å². The Morgan fingerprint density at radius 2 is 1.88 bits per heavy atom. The molecule has 4 N–H and O–H groups in total. The van der Waals surface area contributed by atoms with Crippen LogP contribution >= 0.6 is 0 Å². The third kappa shape index (κ3) is 5.39. The lowest BCUT2D eigenvalue weighted by molar-refractivity contribution is 0.100. The fourth-order valence-corrected chi connectivity index (χ4v) is 2.21. The summed E-state index contributed by atoms with van der Waals surface area (Å²) in [5.41, 5.74) is 7.63. The Morgan fingerprint density at radius 3 is 2.50 bits per heavy atom. The van der Waals surface area contributed by atoms with E-state index in [4.69, 9.17) is 5.73 Å². The smallest absolute Gasteiger partial charge is 0.248 e. The zero-order chi connectivity index (χ0) is 17.4. The Balaban J connectivity index is 1.79. The Bertz CT molecular complexity index is 713. The van der Waals surface area contributed by atoms with E-state index in [1.807, 2.05) is 18.2 Å². The molecular weight excluding hydrogens is 307 g/mol. The Labute approximate surface area is 140 Å². The third-order valence-electron chi connectivity index (χ3n) is 3.52. The van der Waals surface area contributed by atoms with E-state index in [0.717, 1.165) is 11.1 Å². The first-order valence-corrected chi connectivity index (χ1v) is 7.66. The van der Waals surface area contributed by atoms with E-state index in [2.05, 4.69) is 15.6 Å². The van der Waals surface area contributed by atoms with Gasteiger partial charge in [0, 0.05) is 25.7 Å². The Kier molecular flexibility index (Phi) is 6.31. The fourth-order valence-electron chi connectivity index (χ4n) is 2.21. The molecule has 0 fully saturated rings. The van der Waals surface area contributed by atoms with Crippen molar-refractivity contribution in [2.75, 3.05) is 13.6 Å². The van der Waals surface area contributed by atoms with Gasteiger partial charge in [0.2, 0.25) is 5.91 Å². The number of primary amides is 1. The average molecular weight is 328 g/mol. The van der Waals surface area contributed by atoms with E-state index < -0.39 is 5.91 Å². The number of hydrogen-bond donors (Lipinski definition) is 3. The lowest BCUT2D eigenvalue weighted by Gasteiger charge is -2.12. The number of aliphatic imine (C=N–C) groups is 1. The SMILES string of the molecule is CN=C(NCCc1cccc(F)c1)NCc1ccc(C(N)=O)cc1. The highest BCUT2D eigenvalue weighted by Gasteiger charge is 2.02. The van der Waals surface area contributed by atoms with Crippen LogP contribution in [0.5, 0.6) is 0 Å². The van der Waals surface area contributed by atoms with Gasteiger partial charge in [0.1, 0.15) is 5.82 Å². The van der Waals surface area contributed by atoms with Gasteiger partial charge < -0.3 is 16.4 Å². The molecule has 0 saturated heterocycles. The summed E-state index contributed by atoms with van der Waals surface area (Å²) in [6.45, 7) is 1.21. The zero-order valence-corrected chi connectivity index (χ0v) is 13.6. The summed E-state index contributed by atoms with van der Waals surface area (Å²) in [5, 5.41) is 6.36. The molecule has 0 saturated carbocycles. The van der Waals surface area contributed by atoms with Crippen molar-refractivity contribution < 1.29 is 9.18 Å². The van der Waals surface area contributed by atoms with Crippen LogP contribution < -0.4 is 16.4 Å². The maximum Gasteiger partial charge on any atom is 0.248 e. The van der Waals surface area contributed by atoms with Crippen molar-refractivity contribution in [2.24, 2.45) is 10.7 Å². The molecule has 0 aliphatic rings. The standard InChI is InChI=1S/C18H21FN4O/c1-21-18(22-10-9-13-3-2-4-16(19)11-13)23-12-14-5-7-15(8-6-14)17(20)24/h2-8,11H,9-10,12H2,1H3,(H2,20,24)(H2,21,22,23). The minimum atomic E-state index is -0.440. The highest BCUT2D eigenvalue weighted by atomic mass is 19.1. The van der Waals surface area contributed by atoms with E-state index in [9.17, 15) is 9.18 Å². The van der Waals surface area contributed by atoms with Gasteiger partial charge in [-0.1, -0.05) is 24.3 Å². The molecule has 0 unspecified atom stereocenters. The molecule has 24 heavy (non-hydrogen) atoms. The Morgan fingerprint density at radius 1 is 1.12 bits per heavy atom. The predicted octanol–water partition coefficient (Wildman–Crippen LogP) is 1.83. The molecule has 0 spiro atoms. The number of hydrogen-bond acceptors (Lipinski definition) is 2. The number of nitrogens with zero attached hydrogens (tertiary/aromatic N) is 1. The minimum absolute atomic E-state index is 0.227. The van der Waals surface area contributed by atoms with Crippen LogP contribution in [-0.4, -0.2) is 25.5 Å².